The molecule has 0 fully saturated rings. The van der Waals surface area contributed by atoms with Gasteiger partial charge in [-0.15, -0.1) is 0 Å². The van der Waals surface area contributed by atoms with Crippen LogP contribution in [0.15, 0.2) is 24.3 Å². The number of nitrogens with two attached hydrogens (primary N) is 1. The normalized spacial score (nSPS) is 11.5. The summed E-state index contributed by atoms with van der Waals surface area (Å²) in [6.07, 6.45) is 5.99. The summed E-state index contributed by atoms with van der Waals surface area (Å²) in [5.74, 6) is -2.25. The smallest absolute Gasteiger partial charge is 0.303 e. The molecular weight excluding hydrogens is 664 g/mol. The number of hydrogen-bond donors (Lipinski definition) is 5. The maximum atomic E-state index is 12.4. The zero-order chi connectivity index (χ0) is 37.5. The maximum Gasteiger partial charge on any atom is 0.303 e. The van der Waals surface area contributed by atoms with Gasteiger partial charge >= 0.3 is 5.97 Å². The zero-order valence-corrected chi connectivity index (χ0v) is 30.1. The highest BCUT2D eigenvalue weighted by Crippen LogP contribution is 2.10. The van der Waals surface area contributed by atoms with Gasteiger partial charge in [-0.1, -0.05) is 13.3 Å². The Bertz CT molecular complexity index is 1160. The SMILES string of the molecule is CCCCNc1ccc(C(=O)NCCCC[C@H](NC(=O)COCCOCCCC(=O)COCCOCCCC(=O)CCCC(=O)O)C(N)=O)cc1. The fourth-order valence-electron chi connectivity index (χ4n) is 4.62. The molecule has 15 heteroatoms. The monoisotopic (exact) mass is 722 g/mol. The Morgan fingerprint density at radius 2 is 1.29 bits per heavy atom. The average Bonchev–Trinajstić information content (AvgIpc) is 3.09. The van der Waals surface area contributed by atoms with Crippen molar-refractivity contribution in [1.29, 1.82) is 0 Å². The van der Waals surface area contributed by atoms with Crippen molar-refractivity contribution >= 4 is 40.9 Å². The number of unbranched alkanes of at least 4 members (excludes halogenated alkanes) is 2. The van der Waals surface area contributed by atoms with Crippen LogP contribution in [0.3, 0.4) is 0 Å². The van der Waals surface area contributed by atoms with Gasteiger partial charge in [-0.25, -0.2) is 0 Å². The molecule has 1 rings (SSSR count). The lowest BCUT2D eigenvalue weighted by Crippen LogP contribution is -2.45. The fraction of sp³-hybridized carbons (Fsp3) is 0.667. The van der Waals surface area contributed by atoms with E-state index in [0.29, 0.717) is 83.3 Å². The van der Waals surface area contributed by atoms with E-state index in [1.54, 1.807) is 12.1 Å². The van der Waals surface area contributed by atoms with Crippen LogP contribution in [0.2, 0.25) is 0 Å². The van der Waals surface area contributed by atoms with Gasteiger partial charge < -0.3 is 45.7 Å². The van der Waals surface area contributed by atoms with Crippen molar-refractivity contribution in [1.82, 2.24) is 10.6 Å². The Morgan fingerprint density at radius 3 is 1.92 bits per heavy atom. The third-order valence-electron chi connectivity index (χ3n) is 7.47. The minimum absolute atomic E-state index is 0.00684. The van der Waals surface area contributed by atoms with Crippen molar-refractivity contribution in [2.45, 2.75) is 90.0 Å². The highest BCUT2D eigenvalue weighted by atomic mass is 16.5. The third kappa shape index (κ3) is 25.7. The molecule has 0 aromatic heterocycles. The molecule has 0 heterocycles. The van der Waals surface area contributed by atoms with Crippen molar-refractivity contribution in [2.75, 3.05) is 71.3 Å². The Kier molecular flexibility index (Phi) is 26.3. The molecule has 0 spiro atoms. The number of Topliss-reactive ketones (excluding diaryl/α,β-unsaturated/α-hetero) is 2. The highest BCUT2D eigenvalue weighted by molar-refractivity contribution is 5.94. The lowest BCUT2D eigenvalue weighted by Gasteiger charge is -2.15. The summed E-state index contributed by atoms with van der Waals surface area (Å²) in [6.45, 7) is 4.82. The number of hydrogen-bond acceptors (Lipinski definition) is 11. The van der Waals surface area contributed by atoms with E-state index in [1.807, 2.05) is 12.1 Å². The standard InChI is InChI=1S/C36H58N4O11/c1-2-3-18-38-29-16-14-28(15-17-29)36(47)39-19-5-4-12-32(35(37)46)40-33(43)27-51-25-23-49-21-8-11-31(42)26-50-24-22-48-20-7-10-30(41)9-6-13-34(44)45/h14-17,32,38H,2-13,18-27H2,1H3,(H2,37,46)(H,39,47)(H,40,43)(H,44,45)/t32-/m0/s1. The first-order chi connectivity index (χ1) is 24.6. The number of rotatable bonds is 34. The Labute approximate surface area is 301 Å². The third-order valence-corrected chi connectivity index (χ3v) is 7.47. The Morgan fingerprint density at radius 1 is 0.686 bits per heavy atom. The van der Waals surface area contributed by atoms with Gasteiger partial charge in [0.15, 0.2) is 5.78 Å². The molecule has 0 unspecified atom stereocenters. The first kappa shape index (κ1) is 45.1. The first-order valence-electron chi connectivity index (χ1n) is 17.9. The minimum Gasteiger partial charge on any atom is -0.481 e. The molecule has 3 amide bonds. The van der Waals surface area contributed by atoms with E-state index < -0.39 is 23.8 Å². The molecule has 51 heavy (non-hydrogen) atoms. The molecule has 0 aliphatic carbocycles. The summed E-state index contributed by atoms with van der Waals surface area (Å²) in [5.41, 5.74) is 6.99. The molecule has 0 aliphatic rings. The van der Waals surface area contributed by atoms with E-state index in [1.165, 1.54) is 0 Å². The largest absolute Gasteiger partial charge is 0.481 e. The predicted octanol–water partition coefficient (Wildman–Crippen LogP) is 2.79. The van der Waals surface area contributed by atoms with Crippen LogP contribution in [0, 0.1) is 0 Å². The molecular formula is C36H58N4O11. The van der Waals surface area contributed by atoms with Crippen molar-refractivity contribution in [3.05, 3.63) is 29.8 Å². The van der Waals surface area contributed by atoms with Gasteiger partial charge in [0.2, 0.25) is 11.8 Å². The van der Waals surface area contributed by atoms with Gasteiger partial charge in [-0.2, -0.15) is 0 Å². The van der Waals surface area contributed by atoms with Crippen LogP contribution in [0.1, 0.15) is 94.3 Å². The molecule has 1 aromatic rings. The molecule has 1 atom stereocenters. The van der Waals surface area contributed by atoms with Crippen molar-refractivity contribution < 1.29 is 52.8 Å². The van der Waals surface area contributed by atoms with E-state index in [0.717, 1.165) is 25.1 Å². The van der Waals surface area contributed by atoms with Crippen LogP contribution >= 0.6 is 0 Å². The lowest BCUT2D eigenvalue weighted by molar-refractivity contribution is -0.137. The predicted molar refractivity (Wildman–Crippen MR) is 190 cm³/mol. The minimum atomic E-state index is -0.906. The maximum absolute atomic E-state index is 12.4. The first-order valence-corrected chi connectivity index (χ1v) is 17.9. The van der Waals surface area contributed by atoms with Crippen molar-refractivity contribution in [3.63, 3.8) is 0 Å². The molecule has 6 N–H and O–H groups in total. The van der Waals surface area contributed by atoms with Crippen molar-refractivity contribution in [3.8, 4) is 0 Å². The summed E-state index contributed by atoms with van der Waals surface area (Å²) >= 11 is 0. The summed E-state index contributed by atoms with van der Waals surface area (Å²) in [5, 5.41) is 17.3. The number of carbonyl (C=O) groups is 6. The van der Waals surface area contributed by atoms with Gasteiger partial charge in [0.05, 0.1) is 26.4 Å². The molecule has 0 bridgehead atoms. The Hall–Kier alpha value is -3.92. The summed E-state index contributed by atoms with van der Waals surface area (Å²) < 4.78 is 21.4. The van der Waals surface area contributed by atoms with Crippen LogP contribution in [0.25, 0.3) is 0 Å². The second-order valence-electron chi connectivity index (χ2n) is 12.0. The molecule has 1 aromatic carbocycles. The number of nitrogens with one attached hydrogen (secondary N) is 3. The number of ketones is 2. The lowest BCUT2D eigenvalue weighted by atomic mass is 10.1. The molecule has 0 saturated carbocycles. The van der Waals surface area contributed by atoms with E-state index >= 15 is 0 Å². The number of carboxylic acid groups (broad SMARTS) is 1. The van der Waals surface area contributed by atoms with Crippen molar-refractivity contribution in [2.24, 2.45) is 5.73 Å². The van der Waals surface area contributed by atoms with E-state index in [2.05, 4.69) is 22.9 Å². The number of ether oxygens (including phenoxy) is 4. The van der Waals surface area contributed by atoms with Crippen LogP contribution < -0.4 is 21.7 Å². The quantitative estimate of drug-likeness (QED) is 0.0649. The topological polar surface area (TPSA) is 222 Å². The average molecular weight is 723 g/mol. The van der Waals surface area contributed by atoms with Gasteiger partial charge in [0.25, 0.3) is 5.91 Å². The number of amides is 3. The van der Waals surface area contributed by atoms with Crippen LogP contribution in [0.4, 0.5) is 5.69 Å². The number of aliphatic carboxylic acids is 1. The summed E-state index contributed by atoms with van der Waals surface area (Å²) in [6, 6.07) is 6.45. The molecule has 0 radical (unpaired) electrons. The van der Waals surface area contributed by atoms with E-state index in [-0.39, 0.29) is 63.3 Å². The summed E-state index contributed by atoms with van der Waals surface area (Å²) in [4.78, 5) is 70.4. The van der Waals surface area contributed by atoms with Gasteiger partial charge in [0, 0.05) is 63.2 Å². The van der Waals surface area contributed by atoms with E-state index in [9.17, 15) is 28.8 Å². The Balaban J connectivity index is 2.00. The fourth-order valence-corrected chi connectivity index (χ4v) is 4.62. The summed E-state index contributed by atoms with van der Waals surface area (Å²) in [7, 11) is 0. The number of carboxylic acids is 1. The number of carbonyl (C=O) groups excluding carboxylic acids is 5. The molecule has 0 aliphatic heterocycles. The van der Waals surface area contributed by atoms with E-state index in [4.69, 9.17) is 29.8 Å². The van der Waals surface area contributed by atoms with Crippen LogP contribution in [-0.2, 0) is 42.9 Å². The number of benzene rings is 1. The van der Waals surface area contributed by atoms with Gasteiger partial charge in [0.1, 0.15) is 25.0 Å². The zero-order valence-electron chi connectivity index (χ0n) is 30.1. The number of anilines is 1. The molecule has 288 valence electrons. The second kappa shape index (κ2) is 29.8. The molecule has 0 saturated heterocycles. The molecule has 15 nitrogen and oxygen atoms in total. The van der Waals surface area contributed by atoms with Crippen LogP contribution in [0.5, 0.6) is 0 Å². The highest BCUT2D eigenvalue weighted by Gasteiger charge is 2.18. The van der Waals surface area contributed by atoms with Crippen LogP contribution in [-0.4, -0.2) is 112 Å². The van der Waals surface area contributed by atoms with Gasteiger partial charge in [-0.05, 0) is 69.2 Å². The number of primary amides is 1. The van der Waals surface area contributed by atoms with Gasteiger partial charge in [-0.3, -0.25) is 28.8 Å². The second-order valence-corrected chi connectivity index (χ2v) is 12.0.